The van der Waals surface area contributed by atoms with Crippen LogP contribution in [0.2, 0.25) is 0 Å². The number of nitrogens with one attached hydrogen (secondary N) is 1. The average Bonchev–Trinajstić information content (AvgIpc) is 2.57. The van der Waals surface area contributed by atoms with E-state index in [1.165, 1.54) is 43.4 Å². The van der Waals surface area contributed by atoms with Crippen molar-refractivity contribution in [2.75, 3.05) is 25.5 Å². The first-order chi connectivity index (χ1) is 10.8. The molecule has 1 fully saturated rings. The number of para-hydroxylation sites is 1. The van der Waals surface area contributed by atoms with Crippen molar-refractivity contribution >= 4 is 5.69 Å². The Morgan fingerprint density at radius 1 is 1.09 bits per heavy atom. The summed E-state index contributed by atoms with van der Waals surface area (Å²) in [6.45, 7) is 2.33. The van der Waals surface area contributed by atoms with Crippen molar-refractivity contribution in [1.29, 1.82) is 0 Å². The Morgan fingerprint density at radius 2 is 1.86 bits per heavy atom. The molecule has 0 aromatic heterocycles. The lowest BCUT2D eigenvalue weighted by molar-refractivity contribution is 0.185. The summed E-state index contributed by atoms with van der Waals surface area (Å²) in [6, 6.07) is 9.44. The van der Waals surface area contributed by atoms with Gasteiger partial charge in [0.05, 0.1) is 0 Å². The summed E-state index contributed by atoms with van der Waals surface area (Å²) in [6.07, 6.45) is 10.0. The lowest BCUT2D eigenvalue weighted by Crippen LogP contribution is -2.33. The lowest BCUT2D eigenvalue weighted by Gasteiger charge is -2.31. The molecule has 2 N–H and O–H groups in total. The van der Waals surface area contributed by atoms with Gasteiger partial charge < -0.3 is 10.4 Å². The average molecular weight is 304 g/mol. The molecule has 0 saturated heterocycles. The smallest absolute Gasteiger partial charge is 0.0431 e. The summed E-state index contributed by atoms with van der Waals surface area (Å²) in [7, 11) is 2.27. The Kier molecular flexibility index (Phi) is 7.75. The number of hydrogen-bond acceptors (Lipinski definition) is 3. The molecular formula is C19H32N2O. The summed E-state index contributed by atoms with van der Waals surface area (Å²) >= 11 is 0. The fraction of sp³-hybridized carbons (Fsp3) is 0.684. The number of unbranched alkanes of at least 4 members (excludes halogenated alkanes) is 2. The van der Waals surface area contributed by atoms with Crippen LogP contribution < -0.4 is 5.32 Å². The number of benzene rings is 1. The zero-order chi connectivity index (χ0) is 15.6. The quantitative estimate of drug-likeness (QED) is 0.676. The highest BCUT2D eigenvalue weighted by Gasteiger charge is 2.18. The van der Waals surface area contributed by atoms with Crippen LogP contribution >= 0.6 is 0 Å². The molecule has 0 bridgehead atoms. The van der Waals surface area contributed by atoms with Crippen molar-refractivity contribution in [3.05, 3.63) is 29.8 Å². The first kappa shape index (κ1) is 17.3. The summed E-state index contributed by atoms with van der Waals surface area (Å²) in [5.41, 5.74) is 2.67. The molecule has 2 rings (SSSR count). The molecule has 3 nitrogen and oxygen atoms in total. The third kappa shape index (κ3) is 5.62. The van der Waals surface area contributed by atoms with E-state index < -0.39 is 0 Å². The molecule has 0 amide bonds. The van der Waals surface area contributed by atoms with Crippen molar-refractivity contribution in [3.63, 3.8) is 0 Å². The summed E-state index contributed by atoms with van der Waals surface area (Å²) < 4.78 is 0. The van der Waals surface area contributed by atoms with Crippen LogP contribution in [0, 0.1) is 0 Å². The standard InChI is InChI=1S/C19H32N2O/c1-21(18-11-4-2-5-12-18)16-17-10-6-7-13-19(17)20-14-8-3-9-15-22/h6-7,10,13,18,20,22H,2-5,8-9,11-12,14-16H2,1H3. The van der Waals surface area contributed by atoms with E-state index in [1.54, 1.807) is 0 Å². The number of nitrogens with zero attached hydrogens (tertiary/aromatic N) is 1. The van der Waals surface area contributed by atoms with E-state index in [4.69, 9.17) is 5.11 Å². The predicted molar refractivity (Wildman–Crippen MR) is 94.2 cm³/mol. The Balaban J connectivity index is 1.84. The van der Waals surface area contributed by atoms with Gasteiger partial charge in [0, 0.05) is 31.4 Å². The van der Waals surface area contributed by atoms with E-state index in [0.717, 1.165) is 38.4 Å². The summed E-state index contributed by atoms with van der Waals surface area (Å²) in [5, 5.41) is 12.4. The van der Waals surface area contributed by atoms with Crippen LogP contribution in [-0.4, -0.2) is 36.2 Å². The number of hydrogen-bond donors (Lipinski definition) is 2. The molecule has 1 aliphatic carbocycles. The van der Waals surface area contributed by atoms with E-state index in [0.29, 0.717) is 6.61 Å². The molecule has 0 atom stereocenters. The van der Waals surface area contributed by atoms with Crippen LogP contribution in [0.5, 0.6) is 0 Å². The van der Waals surface area contributed by atoms with Gasteiger partial charge in [-0.05, 0) is 50.8 Å². The zero-order valence-electron chi connectivity index (χ0n) is 14.1. The molecule has 0 spiro atoms. The van der Waals surface area contributed by atoms with Gasteiger partial charge >= 0.3 is 0 Å². The minimum absolute atomic E-state index is 0.308. The zero-order valence-corrected chi connectivity index (χ0v) is 14.1. The second-order valence-electron chi connectivity index (χ2n) is 6.58. The van der Waals surface area contributed by atoms with E-state index in [9.17, 15) is 0 Å². The first-order valence-corrected chi connectivity index (χ1v) is 8.94. The normalized spacial score (nSPS) is 16.1. The molecule has 0 heterocycles. The summed E-state index contributed by atoms with van der Waals surface area (Å²) in [4.78, 5) is 2.53. The van der Waals surface area contributed by atoms with Crippen LogP contribution in [0.1, 0.15) is 56.9 Å². The maximum Gasteiger partial charge on any atom is 0.0431 e. The molecular weight excluding hydrogens is 272 g/mol. The Hall–Kier alpha value is -1.06. The second kappa shape index (κ2) is 9.86. The van der Waals surface area contributed by atoms with Gasteiger partial charge in [0.15, 0.2) is 0 Å². The maximum atomic E-state index is 8.82. The topological polar surface area (TPSA) is 35.5 Å². The molecule has 1 aromatic rings. The minimum Gasteiger partial charge on any atom is -0.396 e. The van der Waals surface area contributed by atoms with Crippen molar-refractivity contribution in [2.45, 2.75) is 64.0 Å². The van der Waals surface area contributed by atoms with Crippen molar-refractivity contribution in [1.82, 2.24) is 4.90 Å². The van der Waals surface area contributed by atoms with Crippen LogP contribution in [0.25, 0.3) is 0 Å². The third-order valence-electron chi connectivity index (χ3n) is 4.79. The third-order valence-corrected chi connectivity index (χ3v) is 4.79. The molecule has 1 aliphatic rings. The van der Waals surface area contributed by atoms with E-state index in [-0.39, 0.29) is 0 Å². The van der Waals surface area contributed by atoms with Gasteiger partial charge in [0.1, 0.15) is 0 Å². The molecule has 0 radical (unpaired) electrons. The molecule has 1 aromatic carbocycles. The fourth-order valence-corrected chi connectivity index (χ4v) is 3.39. The highest BCUT2D eigenvalue weighted by molar-refractivity contribution is 5.51. The molecule has 124 valence electrons. The van der Waals surface area contributed by atoms with Gasteiger partial charge in [-0.2, -0.15) is 0 Å². The second-order valence-corrected chi connectivity index (χ2v) is 6.58. The fourth-order valence-electron chi connectivity index (χ4n) is 3.39. The Bertz CT molecular complexity index is 416. The Morgan fingerprint density at radius 3 is 2.64 bits per heavy atom. The maximum absolute atomic E-state index is 8.82. The number of aliphatic hydroxyl groups excluding tert-OH is 1. The largest absolute Gasteiger partial charge is 0.396 e. The van der Waals surface area contributed by atoms with Crippen molar-refractivity contribution < 1.29 is 5.11 Å². The van der Waals surface area contributed by atoms with Gasteiger partial charge in [-0.15, -0.1) is 0 Å². The summed E-state index contributed by atoms with van der Waals surface area (Å²) in [5.74, 6) is 0. The highest BCUT2D eigenvalue weighted by atomic mass is 16.2. The molecule has 0 aliphatic heterocycles. The molecule has 22 heavy (non-hydrogen) atoms. The Labute approximate surface area is 135 Å². The predicted octanol–water partition coefficient (Wildman–Crippen LogP) is 4.03. The molecule has 3 heteroatoms. The van der Waals surface area contributed by atoms with Gasteiger partial charge in [-0.1, -0.05) is 37.5 Å². The number of anilines is 1. The minimum atomic E-state index is 0.308. The van der Waals surface area contributed by atoms with E-state index in [2.05, 4.69) is 41.5 Å². The monoisotopic (exact) mass is 304 g/mol. The van der Waals surface area contributed by atoms with Gasteiger partial charge in [-0.25, -0.2) is 0 Å². The van der Waals surface area contributed by atoms with Gasteiger partial charge in [-0.3, -0.25) is 4.90 Å². The van der Waals surface area contributed by atoms with E-state index >= 15 is 0 Å². The van der Waals surface area contributed by atoms with Crippen LogP contribution in [0.4, 0.5) is 5.69 Å². The number of rotatable bonds is 9. The van der Waals surface area contributed by atoms with Crippen LogP contribution in [0.3, 0.4) is 0 Å². The van der Waals surface area contributed by atoms with E-state index in [1.807, 2.05) is 0 Å². The lowest BCUT2D eigenvalue weighted by atomic mass is 9.94. The molecule has 1 saturated carbocycles. The van der Waals surface area contributed by atoms with Crippen molar-refractivity contribution in [2.24, 2.45) is 0 Å². The molecule has 0 unspecified atom stereocenters. The highest BCUT2D eigenvalue weighted by Crippen LogP contribution is 2.24. The van der Waals surface area contributed by atoms with Crippen molar-refractivity contribution in [3.8, 4) is 0 Å². The van der Waals surface area contributed by atoms with Gasteiger partial charge in [0.2, 0.25) is 0 Å². The van der Waals surface area contributed by atoms with Crippen LogP contribution in [-0.2, 0) is 6.54 Å². The first-order valence-electron chi connectivity index (χ1n) is 8.94. The SMILES string of the molecule is CN(Cc1ccccc1NCCCCCO)C1CCCCC1. The van der Waals surface area contributed by atoms with Crippen LogP contribution in [0.15, 0.2) is 24.3 Å². The van der Waals surface area contributed by atoms with Gasteiger partial charge in [0.25, 0.3) is 0 Å². The number of aliphatic hydroxyl groups is 1.